The van der Waals surface area contributed by atoms with Crippen molar-refractivity contribution in [2.24, 2.45) is 0 Å². The molecule has 0 spiro atoms. The van der Waals surface area contributed by atoms with E-state index in [0.717, 1.165) is 11.3 Å². The predicted molar refractivity (Wildman–Crippen MR) is 81.7 cm³/mol. The number of methoxy groups -OCH3 is 1. The molecule has 0 aliphatic rings. The summed E-state index contributed by atoms with van der Waals surface area (Å²) in [5.74, 6) is 0.541. The van der Waals surface area contributed by atoms with E-state index >= 15 is 0 Å². The van der Waals surface area contributed by atoms with Crippen LogP contribution < -0.4 is 9.46 Å². The lowest BCUT2D eigenvalue weighted by Crippen LogP contribution is -2.11. The van der Waals surface area contributed by atoms with Gasteiger partial charge in [-0.15, -0.1) is 11.3 Å². The van der Waals surface area contributed by atoms with Crippen LogP contribution >= 0.6 is 27.3 Å². The van der Waals surface area contributed by atoms with E-state index in [4.69, 9.17) is 9.84 Å². The molecule has 0 saturated heterocycles. The lowest BCUT2D eigenvalue weighted by molar-refractivity contribution is 0.282. The first-order valence-corrected chi connectivity index (χ1v) is 8.66. The molecule has 0 saturated carbocycles. The number of hydrogen-bond donors (Lipinski definition) is 2. The van der Waals surface area contributed by atoms with E-state index in [0.29, 0.717) is 21.5 Å². The van der Waals surface area contributed by atoms with Gasteiger partial charge in [0, 0.05) is 10.5 Å². The maximum absolute atomic E-state index is 12.2. The fourth-order valence-corrected chi connectivity index (χ4v) is 4.24. The Kier molecular flexibility index (Phi) is 4.69. The number of thiophene rings is 1. The van der Waals surface area contributed by atoms with E-state index < -0.39 is 10.0 Å². The highest BCUT2D eigenvalue weighted by Gasteiger charge is 2.17. The molecule has 1 aromatic heterocycles. The van der Waals surface area contributed by atoms with Gasteiger partial charge in [0.1, 0.15) is 9.96 Å². The maximum Gasteiger partial charge on any atom is 0.271 e. The molecule has 2 aromatic rings. The van der Waals surface area contributed by atoms with Crippen LogP contribution in [-0.2, 0) is 16.6 Å². The second kappa shape index (κ2) is 6.13. The zero-order valence-corrected chi connectivity index (χ0v) is 13.7. The molecular weight excluding hydrogens is 366 g/mol. The van der Waals surface area contributed by atoms with Crippen molar-refractivity contribution in [1.82, 2.24) is 0 Å². The van der Waals surface area contributed by atoms with Crippen molar-refractivity contribution in [2.45, 2.75) is 10.8 Å². The molecule has 0 aliphatic carbocycles. The molecule has 0 fully saturated rings. The van der Waals surface area contributed by atoms with E-state index in [1.54, 1.807) is 23.6 Å². The molecule has 5 nitrogen and oxygen atoms in total. The van der Waals surface area contributed by atoms with Crippen LogP contribution in [0.25, 0.3) is 0 Å². The van der Waals surface area contributed by atoms with E-state index in [2.05, 4.69) is 20.7 Å². The van der Waals surface area contributed by atoms with Crippen molar-refractivity contribution < 1.29 is 18.3 Å². The Balaban J connectivity index is 2.30. The second-order valence-electron chi connectivity index (χ2n) is 3.92. The number of aliphatic hydroxyl groups excluding tert-OH is 1. The largest absolute Gasteiger partial charge is 0.497 e. The first-order valence-electron chi connectivity index (χ1n) is 5.50. The standard InChI is InChI=1S/C12H12BrNO4S2/c1-18-11-4-9(13)3-10(5-11)14-20(16,17)12-2-8(6-15)7-19-12/h2-5,7,14-15H,6H2,1H3. The summed E-state index contributed by atoms with van der Waals surface area (Å²) < 4.78 is 32.8. The third kappa shape index (κ3) is 3.51. The predicted octanol–water partition coefficient (Wildman–Crippen LogP) is 2.81. The molecule has 0 amide bonds. The van der Waals surface area contributed by atoms with Gasteiger partial charge in [-0.2, -0.15) is 0 Å². The topological polar surface area (TPSA) is 75.6 Å². The minimum atomic E-state index is -3.66. The SMILES string of the molecule is COc1cc(Br)cc(NS(=O)(=O)c2cc(CO)cs2)c1. The first-order chi connectivity index (χ1) is 9.44. The molecule has 0 atom stereocenters. The highest BCUT2D eigenvalue weighted by molar-refractivity contribution is 9.10. The quantitative estimate of drug-likeness (QED) is 0.839. The van der Waals surface area contributed by atoms with Gasteiger partial charge in [0.2, 0.25) is 0 Å². The number of aliphatic hydroxyl groups is 1. The number of ether oxygens (including phenoxy) is 1. The van der Waals surface area contributed by atoms with Gasteiger partial charge in [0.15, 0.2) is 0 Å². The molecule has 1 aromatic carbocycles. The summed E-state index contributed by atoms with van der Waals surface area (Å²) in [7, 11) is -2.16. The summed E-state index contributed by atoms with van der Waals surface area (Å²) in [5.41, 5.74) is 0.970. The average Bonchev–Trinajstić information content (AvgIpc) is 2.87. The second-order valence-corrected chi connectivity index (χ2v) is 7.65. The van der Waals surface area contributed by atoms with Crippen molar-refractivity contribution in [3.63, 3.8) is 0 Å². The number of benzene rings is 1. The summed E-state index contributed by atoms with van der Waals surface area (Å²) in [4.78, 5) is 0. The van der Waals surface area contributed by atoms with Gasteiger partial charge in [-0.1, -0.05) is 15.9 Å². The minimum Gasteiger partial charge on any atom is -0.497 e. The molecule has 2 rings (SSSR count). The Bertz CT molecular complexity index is 712. The smallest absolute Gasteiger partial charge is 0.271 e. The third-order valence-corrected chi connectivity index (χ3v) is 5.76. The van der Waals surface area contributed by atoms with Gasteiger partial charge in [-0.3, -0.25) is 4.72 Å². The zero-order chi connectivity index (χ0) is 14.8. The van der Waals surface area contributed by atoms with E-state index in [-0.39, 0.29) is 10.8 Å². The van der Waals surface area contributed by atoms with Crippen LogP contribution in [0.15, 0.2) is 38.3 Å². The molecule has 2 N–H and O–H groups in total. The van der Waals surface area contributed by atoms with Crippen molar-refractivity contribution in [1.29, 1.82) is 0 Å². The van der Waals surface area contributed by atoms with Crippen LogP contribution in [0.4, 0.5) is 5.69 Å². The molecule has 1 heterocycles. The van der Waals surface area contributed by atoms with Gasteiger partial charge in [-0.05, 0) is 29.1 Å². The summed E-state index contributed by atoms with van der Waals surface area (Å²) in [6.45, 7) is -0.184. The lowest BCUT2D eigenvalue weighted by atomic mass is 10.3. The molecule has 0 bridgehead atoms. The van der Waals surface area contributed by atoms with Crippen LogP contribution in [-0.4, -0.2) is 20.6 Å². The molecule has 20 heavy (non-hydrogen) atoms. The molecule has 8 heteroatoms. The Morgan fingerprint density at radius 1 is 1.35 bits per heavy atom. The van der Waals surface area contributed by atoms with Crippen molar-refractivity contribution in [3.05, 3.63) is 39.7 Å². The van der Waals surface area contributed by atoms with Gasteiger partial charge in [0.05, 0.1) is 19.4 Å². The Labute approximate surface area is 129 Å². The highest BCUT2D eigenvalue weighted by Crippen LogP contribution is 2.28. The van der Waals surface area contributed by atoms with Crippen LogP contribution in [0.1, 0.15) is 5.56 Å². The van der Waals surface area contributed by atoms with Gasteiger partial charge in [-0.25, -0.2) is 8.42 Å². The third-order valence-electron chi connectivity index (χ3n) is 2.44. The monoisotopic (exact) mass is 377 g/mol. The number of nitrogens with one attached hydrogen (secondary N) is 1. The van der Waals surface area contributed by atoms with Gasteiger partial charge in [0.25, 0.3) is 10.0 Å². The Morgan fingerprint density at radius 2 is 2.10 bits per heavy atom. The van der Waals surface area contributed by atoms with Crippen LogP contribution in [0, 0.1) is 0 Å². The molecular formula is C12H12BrNO4S2. The van der Waals surface area contributed by atoms with E-state index in [1.807, 2.05) is 0 Å². The normalized spacial score (nSPS) is 11.3. The fraction of sp³-hybridized carbons (Fsp3) is 0.167. The number of hydrogen-bond acceptors (Lipinski definition) is 5. The average molecular weight is 378 g/mol. The summed E-state index contributed by atoms with van der Waals surface area (Å²) in [6, 6.07) is 6.40. The first kappa shape index (κ1) is 15.3. The number of halogens is 1. The number of anilines is 1. The zero-order valence-electron chi connectivity index (χ0n) is 10.5. The van der Waals surface area contributed by atoms with Crippen LogP contribution in [0.2, 0.25) is 0 Å². The van der Waals surface area contributed by atoms with Crippen LogP contribution in [0.5, 0.6) is 5.75 Å². The van der Waals surface area contributed by atoms with Crippen molar-refractivity contribution >= 4 is 43.0 Å². The fourth-order valence-electron chi connectivity index (χ4n) is 1.52. The Morgan fingerprint density at radius 3 is 2.70 bits per heavy atom. The molecule has 0 aliphatic heterocycles. The molecule has 0 unspecified atom stereocenters. The molecule has 0 radical (unpaired) electrons. The van der Waals surface area contributed by atoms with Gasteiger partial charge >= 0.3 is 0 Å². The maximum atomic E-state index is 12.2. The summed E-state index contributed by atoms with van der Waals surface area (Å²) >= 11 is 4.35. The molecule has 108 valence electrons. The Hall–Kier alpha value is -1.09. The lowest BCUT2D eigenvalue weighted by Gasteiger charge is -2.08. The minimum absolute atomic E-state index is 0.153. The number of rotatable bonds is 5. The van der Waals surface area contributed by atoms with Gasteiger partial charge < -0.3 is 9.84 Å². The van der Waals surface area contributed by atoms with E-state index in [9.17, 15) is 8.42 Å². The number of sulfonamides is 1. The summed E-state index contributed by atoms with van der Waals surface area (Å²) in [5, 5.41) is 10.6. The van der Waals surface area contributed by atoms with Crippen LogP contribution in [0.3, 0.4) is 0 Å². The highest BCUT2D eigenvalue weighted by atomic mass is 79.9. The van der Waals surface area contributed by atoms with Crippen molar-refractivity contribution in [2.75, 3.05) is 11.8 Å². The van der Waals surface area contributed by atoms with E-state index in [1.165, 1.54) is 13.2 Å². The summed E-state index contributed by atoms with van der Waals surface area (Å²) in [6.07, 6.45) is 0. The van der Waals surface area contributed by atoms with Crippen molar-refractivity contribution in [3.8, 4) is 5.75 Å².